The first-order valence-electron chi connectivity index (χ1n) is 9.86. The predicted octanol–water partition coefficient (Wildman–Crippen LogP) is 3.28. The highest BCUT2D eigenvalue weighted by molar-refractivity contribution is 5.94. The van der Waals surface area contributed by atoms with Gasteiger partial charge in [-0.15, -0.1) is 0 Å². The average molecular weight is 359 g/mol. The van der Waals surface area contributed by atoms with Crippen LogP contribution in [0.5, 0.6) is 5.75 Å². The van der Waals surface area contributed by atoms with Gasteiger partial charge in [-0.2, -0.15) is 0 Å². The Hall–Kier alpha value is -1.59. The van der Waals surface area contributed by atoms with E-state index in [9.17, 15) is 4.79 Å². The number of methoxy groups -OCH3 is 1. The molecule has 2 saturated heterocycles. The van der Waals surface area contributed by atoms with E-state index in [-0.39, 0.29) is 17.6 Å². The minimum atomic E-state index is -0.0879. The summed E-state index contributed by atoms with van der Waals surface area (Å²) in [6.45, 7) is 3.08. The van der Waals surface area contributed by atoms with Crippen molar-refractivity contribution >= 4 is 5.91 Å². The smallest absolute Gasteiger partial charge is 0.253 e. The summed E-state index contributed by atoms with van der Waals surface area (Å²) in [5, 5.41) is 0. The van der Waals surface area contributed by atoms with Crippen molar-refractivity contribution in [2.45, 2.75) is 50.2 Å². The van der Waals surface area contributed by atoms with Crippen LogP contribution in [0.4, 0.5) is 0 Å². The van der Waals surface area contributed by atoms with Crippen LogP contribution in [0.2, 0.25) is 0 Å². The maximum atomic E-state index is 12.8. The molecule has 142 valence electrons. The van der Waals surface area contributed by atoms with Crippen LogP contribution in [-0.4, -0.2) is 55.9 Å². The Balaban J connectivity index is 1.28. The van der Waals surface area contributed by atoms with E-state index < -0.39 is 0 Å². The van der Waals surface area contributed by atoms with E-state index in [1.807, 2.05) is 29.2 Å². The van der Waals surface area contributed by atoms with Gasteiger partial charge in [-0.25, -0.2) is 0 Å². The number of piperidine rings is 1. The highest BCUT2D eigenvalue weighted by Gasteiger charge is 2.44. The molecule has 3 fully saturated rings. The standard InChI is InChI=1S/C21H29NO4/c1-24-18-7-3-6-17(12-18)20(23)22-10-8-21(9-11-22)13-19(15-26-21)25-14-16-4-2-5-16/h3,6-7,12,16,19H,2,4-5,8-11,13-15H2,1H3. The van der Waals surface area contributed by atoms with Gasteiger partial charge in [0.1, 0.15) is 5.75 Å². The normalized spacial score (nSPS) is 25.3. The van der Waals surface area contributed by atoms with Gasteiger partial charge < -0.3 is 19.1 Å². The largest absolute Gasteiger partial charge is 0.497 e. The lowest BCUT2D eigenvalue weighted by atomic mass is 9.86. The number of carbonyl (C=O) groups is 1. The van der Waals surface area contributed by atoms with Crippen LogP contribution in [0.1, 0.15) is 48.9 Å². The molecule has 1 saturated carbocycles. The Morgan fingerprint density at radius 3 is 2.81 bits per heavy atom. The zero-order valence-corrected chi connectivity index (χ0v) is 15.6. The summed E-state index contributed by atoms with van der Waals surface area (Å²) in [5.74, 6) is 1.57. The Labute approximate surface area is 155 Å². The first kappa shape index (κ1) is 17.8. The maximum absolute atomic E-state index is 12.8. The Bertz CT molecular complexity index is 635. The second kappa shape index (κ2) is 7.57. The first-order chi connectivity index (χ1) is 12.7. The highest BCUT2D eigenvalue weighted by atomic mass is 16.6. The van der Waals surface area contributed by atoms with Gasteiger partial charge in [-0.3, -0.25) is 4.79 Å². The molecule has 1 aromatic rings. The molecule has 5 nitrogen and oxygen atoms in total. The number of benzene rings is 1. The third-order valence-electron chi connectivity index (χ3n) is 6.25. The molecule has 0 radical (unpaired) electrons. The maximum Gasteiger partial charge on any atom is 0.253 e. The van der Waals surface area contributed by atoms with Crippen LogP contribution < -0.4 is 4.74 Å². The molecule has 2 aliphatic heterocycles. The van der Waals surface area contributed by atoms with Gasteiger partial charge in [0.2, 0.25) is 0 Å². The average Bonchev–Trinajstić information content (AvgIpc) is 3.03. The second-order valence-corrected chi connectivity index (χ2v) is 7.97. The molecule has 5 heteroatoms. The topological polar surface area (TPSA) is 48.0 Å². The minimum Gasteiger partial charge on any atom is -0.497 e. The van der Waals surface area contributed by atoms with Crippen molar-refractivity contribution in [2.75, 3.05) is 33.4 Å². The van der Waals surface area contributed by atoms with Crippen LogP contribution in [0.15, 0.2) is 24.3 Å². The van der Waals surface area contributed by atoms with Crippen molar-refractivity contribution in [3.8, 4) is 5.75 Å². The minimum absolute atomic E-state index is 0.0783. The molecular formula is C21H29NO4. The number of ether oxygens (including phenoxy) is 3. The Morgan fingerprint density at radius 2 is 2.12 bits per heavy atom. The third-order valence-corrected chi connectivity index (χ3v) is 6.25. The van der Waals surface area contributed by atoms with Crippen LogP contribution in [0.3, 0.4) is 0 Å². The van der Waals surface area contributed by atoms with E-state index in [1.54, 1.807) is 7.11 Å². The molecule has 1 spiro atoms. The van der Waals surface area contributed by atoms with Gasteiger partial charge in [-0.05, 0) is 49.8 Å². The first-order valence-corrected chi connectivity index (χ1v) is 9.86. The number of carbonyl (C=O) groups excluding carboxylic acids is 1. The van der Waals surface area contributed by atoms with Gasteiger partial charge >= 0.3 is 0 Å². The fraction of sp³-hybridized carbons (Fsp3) is 0.667. The van der Waals surface area contributed by atoms with Crippen LogP contribution in [0.25, 0.3) is 0 Å². The number of hydrogen-bond donors (Lipinski definition) is 0. The Kier molecular flexibility index (Phi) is 5.18. The number of rotatable bonds is 5. The van der Waals surface area contributed by atoms with E-state index in [2.05, 4.69) is 0 Å². The molecule has 1 aromatic carbocycles. The molecule has 1 atom stereocenters. The summed E-state index contributed by atoms with van der Waals surface area (Å²) in [5.41, 5.74) is 0.601. The van der Waals surface area contributed by atoms with Crippen molar-refractivity contribution in [1.82, 2.24) is 4.90 Å². The summed E-state index contributed by atoms with van der Waals surface area (Å²) in [7, 11) is 1.62. The quantitative estimate of drug-likeness (QED) is 0.809. The van der Waals surface area contributed by atoms with Crippen molar-refractivity contribution < 1.29 is 19.0 Å². The fourth-order valence-electron chi connectivity index (χ4n) is 4.25. The summed E-state index contributed by atoms with van der Waals surface area (Å²) in [4.78, 5) is 14.7. The predicted molar refractivity (Wildman–Crippen MR) is 98.5 cm³/mol. The molecule has 3 aliphatic rings. The van der Waals surface area contributed by atoms with Gasteiger partial charge in [0.15, 0.2) is 0 Å². The van der Waals surface area contributed by atoms with Crippen molar-refractivity contribution in [2.24, 2.45) is 5.92 Å². The molecule has 26 heavy (non-hydrogen) atoms. The monoisotopic (exact) mass is 359 g/mol. The van der Waals surface area contributed by atoms with Crippen molar-refractivity contribution in [3.05, 3.63) is 29.8 Å². The lowest BCUT2D eigenvalue weighted by Crippen LogP contribution is -2.46. The molecule has 4 rings (SSSR count). The van der Waals surface area contributed by atoms with Gasteiger partial charge in [0.05, 0.1) is 25.4 Å². The van der Waals surface area contributed by atoms with E-state index in [0.29, 0.717) is 12.2 Å². The number of amides is 1. The highest BCUT2D eigenvalue weighted by Crippen LogP contribution is 2.38. The molecule has 1 aliphatic carbocycles. The summed E-state index contributed by atoms with van der Waals surface area (Å²) < 4.78 is 17.5. The number of likely N-dealkylation sites (tertiary alicyclic amines) is 1. The van der Waals surface area contributed by atoms with Gasteiger partial charge in [-0.1, -0.05) is 12.5 Å². The molecule has 0 N–H and O–H groups in total. The van der Waals surface area contributed by atoms with E-state index in [0.717, 1.165) is 50.6 Å². The lowest BCUT2D eigenvalue weighted by Gasteiger charge is -2.38. The zero-order chi connectivity index (χ0) is 18.0. The Morgan fingerprint density at radius 1 is 1.31 bits per heavy atom. The van der Waals surface area contributed by atoms with Gasteiger partial charge in [0.25, 0.3) is 5.91 Å². The summed E-state index contributed by atoms with van der Waals surface area (Å²) in [6, 6.07) is 7.38. The van der Waals surface area contributed by atoms with Crippen LogP contribution in [-0.2, 0) is 9.47 Å². The van der Waals surface area contributed by atoms with Gasteiger partial charge in [0, 0.05) is 31.7 Å². The zero-order valence-electron chi connectivity index (χ0n) is 15.6. The molecule has 0 aromatic heterocycles. The van der Waals surface area contributed by atoms with E-state index >= 15 is 0 Å². The third kappa shape index (κ3) is 3.74. The molecule has 1 unspecified atom stereocenters. The molecule has 2 heterocycles. The molecule has 0 bridgehead atoms. The molecular weight excluding hydrogens is 330 g/mol. The number of nitrogens with zero attached hydrogens (tertiary/aromatic N) is 1. The lowest BCUT2D eigenvalue weighted by molar-refractivity contribution is -0.0420. The second-order valence-electron chi connectivity index (χ2n) is 7.97. The SMILES string of the molecule is COc1cccc(C(=O)N2CCC3(CC2)CC(OCC2CCC2)CO3)c1. The molecule has 1 amide bonds. The van der Waals surface area contributed by atoms with E-state index in [4.69, 9.17) is 14.2 Å². The number of hydrogen-bond acceptors (Lipinski definition) is 4. The fourth-order valence-corrected chi connectivity index (χ4v) is 4.25. The van der Waals surface area contributed by atoms with Crippen LogP contribution in [0, 0.1) is 5.92 Å². The summed E-state index contributed by atoms with van der Waals surface area (Å²) in [6.07, 6.45) is 6.99. The van der Waals surface area contributed by atoms with Crippen molar-refractivity contribution in [3.63, 3.8) is 0 Å². The van der Waals surface area contributed by atoms with E-state index in [1.165, 1.54) is 19.3 Å². The van der Waals surface area contributed by atoms with Crippen molar-refractivity contribution in [1.29, 1.82) is 0 Å². The van der Waals surface area contributed by atoms with Crippen LogP contribution >= 0.6 is 0 Å². The summed E-state index contributed by atoms with van der Waals surface area (Å²) >= 11 is 0.